The smallest absolute Gasteiger partial charge is 0.143 e. The van der Waals surface area contributed by atoms with E-state index in [4.69, 9.17) is 0 Å². The number of nitrogens with zero attached hydrogens (tertiary/aromatic N) is 4. The highest BCUT2D eigenvalue weighted by molar-refractivity contribution is 5.51. The molecule has 1 aliphatic carbocycles. The molecule has 5 nitrogen and oxygen atoms in total. The second-order valence-electron chi connectivity index (χ2n) is 6.74. The minimum absolute atomic E-state index is 0.491. The number of benzene rings is 1. The van der Waals surface area contributed by atoms with Gasteiger partial charge in [-0.25, -0.2) is 4.68 Å². The number of anilines is 1. The zero-order valence-electron chi connectivity index (χ0n) is 12.8. The fraction of sp³-hybridized carbons (Fsp3) is 0.562. The molecule has 0 spiro atoms. The number of tetrazole rings is 1. The first-order chi connectivity index (χ1) is 10.1. The molecule has 1 aliphatic rings. The van der Waals surface area contributed by atoms with Crippen molar-refractivity contribution in [3.8, 4) is 5.69 Å². The summed E-state index contributed by atoms with van der Waals surface area (Å²) in [5.41, 5.74) is 2.62. The van der Waals surface area contributed by atoms with E-state index in [1.165, 1.54) is 32.1 Å². The fourth-order valence-corrected chi connectivity index (χ4v) is 3.06. The molecule has 112 valence electrons. The maximum Gasteiger partial charge on any atom is 0.143 e. The molecule has 5 heteroatoms. The van der Waals surface area contributed by atoms with Crippen molar-refractivity contribution in [2.24, 2.45) is 5.41 Å². The molecule has 0 aliphatic heterocycles. The quantitative estimate of drug-likeness (QED) is 0.878. The Morgan fingerprint density at radius 3 is 2.95 bits per heavy atom. The average molecular weight is 285 g/mol. The van der Waals surface area contributed by atoms with Crippen molar-refractivity contribution < 1.29 is 0 Å². The van der Waals surface area contributed by atoms with Crippen LogP contribution in [-0.2, 0) is 0 Å². The highest BCUT2D eigenvalue weighted by atomic mass is 15.5. The number of nitrogens with one attached hydrogen (secondary N) is 1. The van der Waals surface area contributed by atoms with E-state index in [-0.39, 0.29) is 0 Å². The number of hydrogen-bond acceptors (Lipinski definition) is 4. The molecule has 0 bridgehead atoms. The van der Waals surface area contributed by atoms with Gasteiger partial charge in [0.25, 0.3) is 0 Å². The normalized spacial score (nSPS) is 21.7. The molecular weight excluding hydrogens is 262 g/mol. The Balaban J connectivity index is 1.69. The van der Waals surface area contributed by atoms with Crippen LogP contribution in [0.1, 0.15) is 46.0 Å². The zero-order chi connectivity index (χ0) is 14.7. The Morgan fingerprint density at radius 2 is 2.14 bits per heavy atom. The molecule has 0 amide bonds. The maximum atomic E-state index is 3.94. The lowest BCUT2D eigenvalue weighted by Gasteiger charge is -2.22. The van der Waals surface area contributed by atoms with Gasteiger partial charge in [0.2, 0.25) is 0 Å². The van der Waals surface area contributed by atoms with E-state index >= 15 is 0 Å². The molecule has 21 heavy (non-hydrogen) atoms. The molecule has 0 saturated heterocycles. The predicted molar refractivity (Wildman–Crippen MR) is 83.4 cm³/mol. The van der Waals surface area contributed by atoms with Gasteiger partial charge in [-0.2, -0.15) is 0 Å². The van der Waals surface area contributed by atoms with E-state index in [1.54, 1.807) is 11.0 Å². The van der Waals surface area contributed by atoms with Gasteiger partial charge < -0.3 is 5.32 Å². The van der Waals surface area contributed by atoms with Crippen LogP contribution in [0.5, 0.6) is 0 Å². The first-order valence-corrected chi connectivity index (χ1v) is 7.72. The second-order valence-corrected chi connectivity index (χ2v) is 6.74. The van der Waals surface area contributed by atoms with Crippen LogP contribution >= 0.6 is 0 Å². The monoisotopic (exact) mass is 285 g/mol. The fourth-order valence-electron chi connectivity index (χ4n) is 3.06. The number of rotatable bonds is 3. The van der Waals surface area contributed by atoms with Crippen molar-refractivity contribution in [2.75, 3.05) is 5.32 Å². The van der Waals surface area contributed by atoms with Crippen molar-refractivity contribution in [3.05, 3.63) is 30.6 Å². The van der Waals surface area contributed by atoms with Crippen molar-refractivity contribution in [2.45, 2.75) is 52.0 Å². The number of aromatic nitrogens is 4. The second kappa shape index (κ2) is 5.84. The van der Waals surface area contributed by atoms with E-state index in [9.17, 15) is 0 Å². The third-order valence-electron chi connectivity index (χ3n) is 4.41. The van der Waals surface area contributed by atoms with E-state index < -0.39 is 0 Å². The van der Waals surface area contributed by atoms with E-state index in [0.29, 0.717) is 11.5 Å². The van der Waals surface area contributed by atoms with Gasteiger partial charge in [-0.3, -0.25) is 0 Å². The van der Waals surface area contributed by atoms with Crippen LogP contribution in [0.4, 0.5) is 5.69 Å². The highest BCUT2D eigenvalue weighted by Crippen LogP contribution is 2.34. The Hall–Kier alpha value is -1.91. The SMILES string of the molecule is CC1(C)CCCC(Nc2cccc(-n3cnnn3)c2)CC1. The third kappa shape index (κ3) is 3.60. The van der Waals surface area contributed by atoms with Crippen LogP contribution in [0, 0.1) is 5.41 Å². The van der Waals surface area contributed by atoms with E-state index in [0.717, 1.165) is 11.4 Å². The van der Waals surface area contributed by atoms with Crippen molar-refractivity contribution >= 4 is 5.69 Å². The molecule has 1 unspecified atom stereocenters. The lowest BCUT2D eigenvalue weighted by molar-refractivity contribution is 0.313. The lowest BCUT2D eigenvalue weighted by atomic mass is 9.85. The first-order valence-electron chi connectivity index (χ1n) is 7.72. The Morgan fingerprint density at radius 1 is 1.24 bits per heavy atom. The summed E-state index contributed by atoms with van der Waals surface area (Å²) in [5, 5.41) is 15.0. The Bertz CT molecular complexity index is 576. The van der Waals surface area contributed by atoms with Gasteiger partial charge >= 0.3 is 0 Å². The summed E-state index contributed by atoms with van der Waals surface area (Å²) in [6, 6.07) is 8.84. The molecule has 1 fully saturated rings. The van der Waals surface area contributed by atoms with Crippen LogP contribution in [0.2, 0.25) is 0 Å². The summed E-state index contributed by atoms with van der Waals surface area (Å²) in [4.78, 5) is 0. The van der Waals surface area contributed by atoms with E-state index in [1.807, 2.05) is 12.1 Å². The third-order valence-corrected chi connectivity index (χ3v) is 4.41. The highest BCUT2D eigenvalue weighted by Gasteiger charge is 2.24. The van der Waals surface area contributed by atoms with Crippen LogP contribution in [0.15, 0.2) is 30.6 Å². The van der Waals surface area contributed by atoms with Crippen LogP contribution in [0.3, 0.4) is 0 Å². The summed E-state index contributed by atoms with van der Waals surface area (Å²) < 4.78 is 1.68. The molecule has 0 radical (unpaired) electrons. The maximum absolute atomic E-state index is 3.94. The molecule has 3 rings (SSSR count). The average Bonchev–Trinajstić information content (AvgIpc) is 2.93. The minimum Gasteiger partial charge on any atom is -0.382 e. The van der Waals surface area contributed by atoms with Gasteiger partial charge in [0.15, 0.2) is 0 Å². The van der Waals surface area contributed by atoms with Gasteiger partial charge in [-0.1, -0.05) is 26.3 Å². The standard InChI is InChI=1S/C16H23N5/c1-16(2)9-4-6-13(8-10-16)18-14-5-3-7-15(11-14)21-12-17-19-20-21/h3,5,7,11-13,18H,4,6,8-10H2,1-2H3. The molecule has 1 N–H and O–H groups in total. The predicted octanol–water partition coefficient (Wildman–Crippen LogP) is 3.43. The topological polar surface area (TPSA) is 55.6 Å². The zero-order valence-corrected chi connectivity index (χ0v) is 12.8. The molecule has 1 aromatic heterocycles. The summed E-state index contributed by atoms with van der Waals surface area (Å²) in [5.74, 6) is 0. The minimum atomic E-state index is 0.491. The van der Waals surface area contributed by atoms with Gasteiger partial charge in [0.05, 0.1) is 5.69 Å². The molecule has 1 aromatic carbocycles. The van der Waals surface area contributed by atoms with Crippen LogP contribution in [0.25, 0.3) is 5.69 Å². The lowest BCUT2D eigenvalue weighted by Crippen LogP contribution is -2.19. The molecule has 2 aromatic rings. The van der Waals surface area contributed by atoms with E-state index in [2.05, 4.69) is 46.8 Å². The van der Waals surface area contributed by atoms with Gasteiger partial charge in [-0.05, 0) is 59.7 Å². The van der Waals surface area contributed by atoms with Crippen molar-refractivity contribution in [1.29, 1.82) is 0 Å². The molecule has 1 saturated carbocycles. The van der Waals surface area contributed by atoms with Crippen molar-refractivity contribution in [3.63, 3.8) is 0 Å². The molecule has 1 heterocycles. The molecular formula is C16H23N5. The Kier molecular flexibility index (Phi) is 3.90. The van der Waals surface area contributed by atoms with Crippen LogP contribution < -0.4 is 5.32 Å². The first kappa shape index (κ1) is 14.0. The largest absolute Gasteiger partial charge is 0.382 e. The summed E-state index contributed by atoms with van der Waals surface area (Å²) in [7, 11) is 0. The van der Waals surface area contributed by atoms with Crippen molar-refractivity contribution in [1.82, 2.24) is 20.2 Å². The summed E-state index contributed by atoms with van der Waals surface area (Å²) in [6.07, 6.45) is 8.03. The molecule has 1 atom stereocenters. The summed E-state index contributed by atoms with van der Waals surface area (Å²) in [6.45, 7) is 4.77. The van der Waals surface area contributed by atoms with Crippen LogP contribution in [-0.4, -0.2) is 26.2 Å². The van der Waals surface area contributed by atoms with Gasteiger partial charge in [-0.15, -0.1) is 5.10 Å². The number of hydrogen-bond donors (Lipinski definition) is 1. The Labute approximate surface area is 125 Å². The van der Waals surface area contributed by atoms with Gasteiger partial charge in [0, 0.05) is 11.7 Å². The van der Waals surface area contributed by atoms with Gasteiger partial charge in [0.1, 0.15) is 6.33 Å². The summed E-state index contributed by atoms with van der Waals surface area (Å²) >= 11 is 0.